The number of sulfonamides is 1. The summed E-state index contributed by atoms with van der Waals surface area (Å²) in [5.41, 5.74) is 0.378. The summed E-state index contributed by atoms with van der Waals surface area (Å²) < 4.78 is 27.0. The summed E-state index contributed by atoms with van der Waals surface area (Å²) in [4.78, 5) is 10.8. The highest BCUT2D eigenvalue weighted by atomic mass is 35.5. The van der Waals surface area contributed by atoms with Crippen LogP contribution in [0, 0.1) is 0 Å². The molecule has 24 heavy (non-hydrogen) atoms. The third kappa shape index (κ3) is 4.63. The van der Waals surface area contributed by atoms with Crippen LogP contribution in [0.5, 0.6) is 0 Å². The third-order valence-electron chi connectivity index (χ3n) is 3.25. The average molecular weight is 388 g/mol. The standard InChI is InChI=1S/C16H15Cl2NO4S/c17-12-6-8-15(9-7-12)24(22,23)19(10-2-5-16(20)21)14-4-1-3-13(18)11-14/h1,3-4,6-9,11H,2,5,10H2,(H,20,21). The van der Waals surface area contributed by atoms with E-state index in [1.165, 1.54) is 30.3 Å². The van der Waals surface area contributed by atoms with Gasteiger partial charge in [0.05, 0.1) is 10.6 Å². The number of hydrogen-bond acceptors (Lipinski definition) is 3. The number of carbonyl (C=O) groups is 1. The summed E-state index contributed by atoms with van der Waals surface area (Å²) in [6.07, 6.45) is 0.0435. The van der Waals surface area contributed by atoms with E-state index < -0.39 is 16.0 Å². The van der Waals surface area contributed by atoms with Crippen molar-refractivity contribution in [2.24, 2.45) is 0 Å². The highest BCUT2D eigenvalue weighted by Crippen LogP contribution is 2.27. The first-order chi connectivity index (χ1) is 11.3. The number of anilines is 1. The molecule has 5 nitrogen and oxygen atoms in total. The largest absolute Gasteiger partial charge is 0.481 e. The zero-order chi connectivity index (χ0) is 17.7. The van der Waals surface area contributed by atoms with Crippen LogP contribution in [0.3, 0.4) is 0 Å². The van der Waals surface area contributed by atoms with E-state index in [0.717, 1.165) is 4.31 Å². The van der Waals surface area contributed by atoms with E-state index in [4.69, 9.17) is 28.3 Å². The second-order valence-electron chi connectivity index (χ2n) is 5.01. The van der Waals surface area contributed by atoms with E-state index >= 15 is 0 Å². The number of nitrogens with zero attached hydrogens (tertiary/aromatic N) is 1. The summed E-state index contributed by atoms with van der Waals surface area (Å²) in [6.45, 7) is 0.0254. The van der Waals surface area contributed by atoms with Crippen LogP contribution in [0.4, 0.5) is 5.69 Å². The van der Waals surface area contributed by atoms with Crippen molar-refractivity contribution < 1.29 is 18.3 Å². The fourth-order valence-corrected chi connectivity index (χ4v) is 3.93. The molecular weight excluding hydrogens is 373 g/mol. The van der Waals surface area contributed by atoms with Crippen molar-refractivity contribution in [2.75, 3.05) is 10.8 Å². The molecule has 0 spiro atoms. The Balaban J connectivity index is 2.40. The first-order valence-electron chi connectivity index (χ1n) is 7.06. The minimum absolute atomic E-state index is 0.0254. The summed E-state index contributed by atoms with van der Waals surface area (Å²) in [5.74, 6) is -0.982. The van der Waals surface area contributed by atoms with E-state index in [0.29, 0.717) is 15.7 Å². The number of carboxylic acid groups (broad SMARTS) is 1. The van der Waals surface area contributed by atoms with Crippen LogP contribution in [0.1, 0.15) is 12.8 Å². The van der Waals surface area contributed by atoms with Crippen molar-refractivity contribution in [2.45, 2.75) is 17.7 Å². The molecule has 2 rings (SSSR count). The molecule has 2 aromatic carbocycles. The minimum atomic E-state index is -3.86. The zero-order valence-corrected chi connectivity index (χ0v) is 14.9. The number of halogens is 2. The van der Waals surface area contributed by atoms with Crippen molar-refractivity contribution >= 4 is 44.9 Å². The molecule has 0 saturated carbocycles. The molecule has 2 aromatic rings. The van der Waals surface area contributed by atoms with Gasteiger partial charge in [0.25, 0.3) is 10.0 Å². The Kier molecular flexibility index (Phi) is 6.10. The number of aliphatic carboxylic acids is 1. The molecule has 8 heteroatoms. The monoisotopic (exact) mass is 387 g/mol. The maximum Gasteiger partial charge on any atom is 0.303 e. The lowest BCUT2D eigenvalue weighted by molar-refractivity contribution is -0.137. The fourth-order valence-electron chi connectivity index (χ4n) is 2.13. The van der Waals surface area contributed by atoms with Crippen LogP contribution in [-0.2, 0) is 14.8 Å². The van der Waals surface area contributed by atoms with Crippen LogP contribution < -0.4 is 4.31 Å². The molecule has 1 N–H and O–H groups in total. The van der Waals surface area contributed by atoms with E-state index in [9.17, 15) is 13.2 Å². The van der Waals surface area contributed by atoms with Crippen molar-refractivity contribution in [1.29, 1.82) is 0 Å². The normalized spacial score (nSPS) is 11.2. The van der Waals surface area contributed by atoms with E-state index in [2.05, 4.69) is 0 Å². The molecule has 128 valence electrons. The lowest BCUT2D eigenvalue weighted by atomic mass is 10.3. The van der Waals surface area contributed by atoms with Gasteiger partial charge < -0.3 is 5.11 Å². The fraction of sp³-hybridized carbons (Fsp3) is 0.188. The molecule has 0 radical (unpaired) electrons. The van der Waals surface area contributed by atoms with Crippen LogP contribution in [-0.4, -0.2) is 26.0 Å². The van der Waals surface area contributed by atoms with E-state index in [1.807, 2.05) is 0 Å². The van der Waals surface area contributed by atoms with Gasteiger partial charge in [-0.1, -0.05) is 29.3 Å². The molecule has 0 fully saturated rings. The lowest BCUT2D eigenvalue weighted by Crippen LogP contribution is -2.32. The Morgan fingerprint density at radius 2 is 1.71 bits per heavy atom. The average Bonchev–Trinajstić information content (AvgIpc) is 2.51. The number of benzene rings is 2. The van der Waals surface area contributed by atoms with Gasteiger partial charge in [-0.05, 0) is 48.9 Å². The van der Waals surface area contributed by atoms with Crippen LogP contribution >= 0.6 is 23.2 Å². The quantitative estimate of drug-likeness (QED) is 0.777. The molecule has 0 saturated heterocycles. The molecule has 0 aliphatic heterocycles. The Hall–Kier alpha value is -1.76. The van der Waals surface area contributed by atoms with Crippen LogP contribution in [0.25, 0.3) is 0 Å². The number of rotatable bonds is 7. The molecule has 0 atom stereocenters. The van der Waals surface area contributed by atoms with Crippen LogP contribution in [0.2, 0.25) is 10.0 Å². The molecular formula is C16H15Cl2NO4S. The summed E-state index contributed by atoms with van der Waals surface area (Å²) in [6, 6.07) is 12.2. The van der Waals surface area contributed by atoms with Gasteiger partial charge in [-0.3, -0.25) is 9.10 Å². The Morgan fingerprint density at radius 1 is 1.04 bits per heavy atom. The van der Waals surface area contributed by atoms with Gasteiger partial charge in [-0.25, -0.2) is 8.42 Å². The Bertz CT molecular complexity index is 822. The summed E-state index contributed by atoms with van der Waals surface area (Å²) >= 11 is 11.8. The van der Waals surface area contributed by atoms with Crippen molar-refractivity contribution in [3.05, 3.63) is 58.6 Å². The molecule has 0 heterocycles. The van der Waals surface area contributed by atoms with E-state index in [-0.39, 0.29) is 24.3 Å². The molecule has 0 amide bonds. The van der Waals surface area contributed by atoms with Crippen LogP contribution in [0.15, 0.2) is 53.4 Å². The molecule has 0 unspecified atom stereocenters. The highest BCUT2D eigenvalue weighted by Gasteiger charge is 2.25. The first kappa shape index (κ1) is 18.6. The first-order valence-corrected chi connectivity index (χ1v) is 9.26. The maximum absolute atomic E-state index is 12.9. The highest BCUT2D eigenvalue weighted by molar-refractivity contribution is 7.92. The van der Waals surface area contributed by atoms with Gasteiger partial charge in [0.1, 0.15) is 0 Å². The van der Waals surface area contributed by atoms with Gasteiger partial charge in [-0.15, -0.1) is 0 Å². The molecule has 0 bridgehead atoms. The molecule has 0 aliphatic rings. The zero-order valence-electron chi connectivity index (χ0n) is 12.5. The minimum Gasteiger partial charge on any atom is -0.481 e. The van der Waals surface area contributed by atoms with Gasteiger partial charge in [0.15, 0.2) is 0 Å². The van der Waals surface area contributed by atoms with Crippen molar-refractivity contribution in [1.82, 2.24) is 0 Å². The SMILES string of the molecule is O=C(O)CCCN(c1cccc(Cl)c1)S(=O)(=O)c1ccc(Cl)cc1. The second-order valence-corrected chi connectivity index (χ2v) is 7.74. The number of hydrogen-bond donors (Lipinski definition) is 1. The lowest BCUT2D eigenvalue weighted by Gasteiger charge is -2.24. The molecule has 0 aliphatic carbocycles. The predicted octanol–water partition coefficient (Wildman–Crippen LogP) is 4.05. The predicted molar refractivity (Wildman–Crippen MR) is 94.3 cm³/mol. The van der Waals surface area contributed by atoms with Gasteiger partial charge >= 0.3 is 5.97 Å². The topological polar surface area (TPSA) is 74.7 Å². The van der Waals surface area contributed by atoms with Crippen molar-refractivity contribution in [3.8, 4) is 0 Å². The van der Waals surface area contributed by atoms with Crippen molar-refractivity contribution in [3.63, 3.8) is 0 Å². The van der Waals surface area contributed by atoms with Gasteiger partial charge in [-0.2, -0.15) is 0 Å². The second kappa shape index (κ2) is 7.88. The smallest absolute Gasteiger partial charge is 0.303 e. The third-order valence-corrected chi connectivity index (χ3v) is 5.58. The Morgan fingerprint density at radius 3 is 2.29 bits per heavy atom. The summed E-state index contributed by atoms with van der Waals surface area (Å²) in [7, 11) is -3.86. The molecule has 0 aromatic heterocycles. The number of carboxylic acids is 1. The summed E-state index contributed by atoms with van der Waals surface area (Å²) in [5, 5.41) is 9.60. The van der Waals surface area contributed by atoms with E-state index in [1.54, 1.807) is 18.2 Å². The van der Waals surface area contributed by atoms with Gasteiger partial charge in [0, 0.05) is 23.0 Å². The Labute approximate surface area is 150 Å². The van der Waals surface area contributed by atoms with Gasteiger partial charge in [0.2, 0.25) is 0 Å². The maximum atomic E-state index is 12.9.